The Morgan fingerprint density at radius 3 is 3.10 bits per heavy atom. The lowest BCUT2D eigenvalue weighted by Gasteiger charge is -2.32. The molecule has 0 saturated carbocycles. The smallest absolute Gasteiger partial charge is 0.274 e. The number of amides is 1. The maximum atomic E-state index is 12.6. The molecule has 0 aromatic carbocycles. The fraction of sp³-hybridized carbons (Fsp3) is 0.600. The van der Waals surface area contributed by atoms with Crippen LogP contribution in [0.15, 0.2) is 12.1 Å². The minimum Gasteiger partial charge on any atom is -0.384 e. The Bertz CT molecular complexity index is 494. The molecule has 0 bridgehead atoms. The highest BCUT2D eigenvalue weighted by molar-refractivity contribution is 6.33. The Labute approximate surface area is 130 Å². The fourth-order valence-electron chi connectivity index (χ4n) is 2.64. The summed E-state index contributed by atoms with van der Waals surface area (Å²) >= 11 is 6.15. The van der Waals surface area contributed by atoms with E-state index < -0.39 is 0 Å². The molecule has 1 aliphatic rings. The van der Waals surface area contributed by atoms with Gasteiger partial charge in [0, 0.05) is 26.7 Å². The van der Waals surface area contributed by atoms with Crippen molar-refractivity contribution in [3.63, 3.8) is 0 Å². The van der Waals surface area contributed by atoms with Crippen molar-refractivity contribution in [2.45, 2.75) is 19.8 Å². The number of hydrogen-bond acceptors (Lipinski definition) is 4. The van der Waals surface area contributed by atoms with Gasteiger partial charge in [0.2, 0.25) is 0 Å². The molecule has 0 spiro atoms. The Hall–Kier alpha value is -1.33. The van der Waals surface area contributed by atoms with Crippen LogP contribution in [0.2, 0.25) is 5.02 Å². The number of methoxy groups -OCH3 is 1. The quantitative estimate of drug-likeness (QED) is 0.908. The van der Waals surface area contributed by atoms with Gasteiger partial charge in [-0.2, -0.15) is 0 Å². The summed E-state index contributed by atoms with van der Waals surface area (Å²) in [5, 5.41) is 3.50. The number of hydrogen-bond donors (Lipinski definition) is 1. The molecule has 1 saturated heterocycles. The van der Waals surface area contributed by atoms with E-state index in [1.54, 1.807) is 19.2 Å². The first kappa shape index (κ1) is 16.0. The van der Waals surface area contributed by atoms with Crippen LogP contribution < -0.4 is 5.32 Å². The highest BCUT2D eigenvalue weighted by Gasteiger charge is 2.26. The molecule has 1 aromatic rings. The third-order valence-corrected chi connectivity index (χ3v) is 3.92. The lowest BCUT2D eigenvalue weighted by Crippen LogP contribution is -2.41. The molecule has 1 aromatic heterocycles. The van der Waals surface area contributed by atoms with E-state index in [2.05, 4.69) is 10.3 Å². The topological polar surface area (TPSA) is 54.5 Å². The minimum absolute atomic E-state index is 0.0967. The van der Waals surface area contributed by atoms with Gasteiger partial charge in [-0.3, -0.25) is 4.79 Å². The SMILES string of the molecule is CCNc1ccc(Cl)c(C(=O)N2CCCC(COC)C2)n1. The van der Waals surface area contributed by atoms with Crippen molar-refractivity contribution in [1.82, 2.24) is 9.88 Å². The van der Waals surface area contributed by atoms with Gasteiger partial charge in [0.15, 0.2) is 0 Å². The predicted octanol–water partition coefficient (Wildman–Crippen LogP) is 2.67. The summed E-state index contributed by atoms with van der Waals surface area (Å²) in [5.74, 6) is 0.972. The highest BCUT2D eigenvalue weighted by atomic mass is 35.5. The molecule has 1 aliphatic heterocycles. The van der Waals surface area contributed by atoms with Gasteiger partial charge in [0.25, 0.3) is 5.91 Å². The van der Waals surface area contributed by atoms with E-state index in [4.69, 9.17) is 16.3 Å². The number of aromatic nitrogens is 1. The zero-order chi connectivity index (χ0) is 15.2. The number of nitrogens with zero attached hydrogens (tertiary/aromatic N) is 2. The number of nitrogens with one attached hydrogen (secondary N) is 1. The standard InChI is InChI=1S/C15H22ClN3O2/c1-3-17-13-7-6-12(16)14(18-13)15(20)19-8-4-5-11(9-19)10-21-2/h6-7,11H,3-5,8-10H2,1-2H3,(H,17,18). The van der Waals surface area contributed by atoms with E-state index >= 15 is 0 Å². The summed E-state index contributed by atoms with van der Waals surface area (Å²) in [7, 11) is 1.69. The molecule has 1 atom stereocenters. The number of carbonyl (C=O) groups excluding carboxylic acids is 1. The van der Waals surface area contributed by atoms with Crippen LogP contribution in [-0.2, 0) is 4.74 Å². The van der Waals surface area contributed by atoms with Gasteiger partial charge in [0.1, 0.15) is 11.5 Å². The van der Waals surface area contributed by atoms with E-state index in [0.717, 1.165) is 25.9 Å². The number of carbonyl (C=O) groups is 1. The second-order valence-electron chi connectivity index (χ2n) is 5.27. The summed E-state index contributed by atoms with van der Waals surface area (Å²) in [4.78, 5) is 18.8. The molecule has 1 amide bonds. The molecular formula is C15H22ClN3O2. The normalized spacial score (nSPS) is 18.6. The number of anilines is 1. The molecule has 2 heterocycles. The lowest BCUT2D eigenvalue weighted by molar-refractivity contribution is 0.0566. The molecule has 116 valence electrons. The predicted molar refractivity (Wildman–Crippen MR) is 83.9 cm³/mol. The second-order valence-corrected chi connectivity index (χ2v) is 5.68. The van der Waals surface area contributed by atoms with Crippen molar-refractivity contribution in [3.05, 3.63) is 22.8 Å². The summed E-state index contributed by atoms with van der Waals surface area (Å²) in [5.41, 5.74) is 0.327. The molecule has 1 N–H and O–H groups in total. The van der Waals surface area contributed by atoms with Crippen molar-refractivity contribution in [2.75, 3.05) is 38.7 Å². The van der Waals surface area contributed by atoms with E-state index in [1.807, 2.05) is 11.8 Å². The van der Waals surface area contributed by atoms with Crippen molar-refractivity contribution < 1.29 is 9.53 Å². The van der Waals surface area contributed by atoms with Crippen LogP contribution in [-0.4, -0.2) is 49.1 Å². The third-order valence-electron chi connectivity index (χ3n) is 3.62. The largest absolute Gasteiger partial charge is 0.384 e. The third kappa shape index (κ3) is 4.08. The molecule has 1 fully saturated rings. The van der Waals surface area contributed by atoms with Crippen LogP contribution in [0.25, 0.3) is 0 Å². The molecule has 5 nitrogen and oxygen atoms in total. The number of likely N-dealkylation sites (tertiary alicyclic amines) is 1. The van der Waals surface area contributed by atoms with Gasteiger partial charge < -0.3 is 15.0 Å². The van der Waals surface area contributed by atoms with Gasteiger partial charge >= 0.3 is 0 Å². The van der Waals surface area contributed by atoms with E-state index in [0.29, 0.717) is 35.6 Å². The second kappa shape index (κ2) is 7.61. The van der Waals surface area contributed by atoms with Crippen molar-refractivity contribution in [2.24, 2.45) is 5.92 Å². The van der Waals surface area contributed by atoms with Crippen molar-refractivity contribution in [3.8, 4) is 0 Å². The Kier molecular flexibility index (Phi) is 5.82. The van der Waals surface area contributed by atoms with Gasteiger partial charge in [-0.25, -0.2) is 4.98 Å². The monoisotopic (exact) mass is 311 g/mol. The van der Waals surface area contributed by atoms with Crippen LogP contribution in [0.5, 0.6) is 0 Å². The van der Waals surface area contributed by atoms with Crippen LogP contribution >= 0.6 is 11.6 Å². The summed E-state index contributed by atoms with van der Waals surface area (Å²) < 4.78 is 5.20. The van der Waals surface area contributed by atoms with Crippen molar-refractivity contribution in [1.29, 1.82) is 0 Å². The first-order valence-corrected chi connectivity index (χ1v) is 7.72. The van der Waals surface area contributed by atoms with Crippen LogP contribution in [0.1, 0.15) is 30.3 Å². The van der Waals surface area contributed by atoms with Crippen LogP contribution in [0.3, 0.4) is 0 Å². The van der Waals surface area contributed by atoms with Crippen LogP contribution in [0, 0.1) is 5.92 Å². The van der Waals surface area contributed by atoms with Gasteiger partial charge in [0.05, 0.1) is 11.6 Å². The number of ether oxygens (including phenoxy) is 1. The average Bonchev–Trinajstić information content (AvgIpc) is 2.49. The van der Waals surface area contributed by atoms with E-state index in [-0.39, 0.29) is 5.91 Å². The first-order chi connectivity index (χ1) is 10.2. The summed E-state index contributed by atoms with van der Waals surface area (Å²) in [6, 6.07) is 3.50. The highest BCUT2D eigenvalue weighted by Crippen LogP contribution is 2.22. The zero-order valence-corrected chi connectivity index (χ0v) is 13.3. The Morgan fingerprint density at radius 1 is 1.57 bits per heavy atom. The molecule has 1 unspecified atom stereocenters. The molecule has 0 radical (unpaired) electrons. The van der Waals surface area contributed by atoms with Gasteiger partial charge in [-0.1, -0.05) is 11.6 Å². The Morgan fingerprint density at radius 2 is 2.38 bits per heavy atom. The van der Waals surface area contributed by atoms with E-state index in [1.165, 1.54) is 0 Å². The zero-order valence-electron chi connectivity index (χ0n) is 12.6. The van der Waals surface area contributed by atoms with Crippen molar-refractivity contribution >= 4 is 23.3 Å². The van der Waals surface area contributed by atoms with E-state index in [9.17, 15) is 4.79 Å². The minimum atomic E-state index is -0.0967. The van der Waals surface area contributed by atoms with Crippen LogP contribution in [0.4, 0.5) is 5.82 Å². The maximum Gasteiger partial charge on any atom is 0.274 e. The molecule has 21 heavy (non-hydrogen) atoms. The Balaban J connectivity index is 2.13. The number of rotatable bonds is 5. The summed E-state index contributed by atoms with van der Waals surface area (Å²) in [6.07, 6.45) is 2.08. The summed E-state index contributed by atoms with van der Waals surface area (Å²) in [6.45, 7) is 4.88. The molecule has 0 aliphatic carbocycles. The average molecular weight is 312 g/mol. The lowest BCUT2D eigenvalue weighted by atomic mass is 9.98. The number of piperidine rings is 1. The van der Waals surface area contributed by atoms with Gasteiger partial charge in [-0.15, -0.1) is 0 Å². The maximum absolute atomic E-state index is 12.6. The molecule has 2 rings (SSSR count). The number of halogens is 1. The fourth-order valence-corrected chi connectivity index (χ4v) is 2.83. The molecule has 6 heteroatoms. The first-order valence-electron chi connectivity index (χ1n) is 7.34. The number of pyridine rings is 1. The molecular weight excluding hydrogens is 290 g/mol. The van der Waals surface area contributed by atoms with Gasteiger partial charge in [-0.05, 0) is 37.8 Å².